The first-order valence-electron chi connectivity index (χ1n) is 4.95. The van der Waals surface area contributed by atoms with E-state index in [1.807, 2.05) is 0 Å². The highest BCUT2D eigenvalue weighted by molar-refractivity contribution is 5.74. The number of aryl methyl sites for hydroxylation is 1. The van der Waals surface area contributed by atoms with Gasteiger partial charge in [-0.2, -0.15) is 18.3 Å². The van der Waals surface area contributed by atoms with Gasteiger partial charge in [-0.15, -0.1) is 0 Å². The summed E-state index contributed by atoms with van der Waals surface area (Å²) in [5.74, 6) is -0.670. The molecule has 0 bridgehead atoms. The smallest absolute Gasteiger partial charge is 0.383 e. The van der Waals surface area contributed by atoms with Crippen molar-refractivity contribution in [3.05, 3.63) is 35.8 Å². The van der Waals surface area contributed by atoms with Gasteiger partial charge in [0.1, 0.15) is 11.6 Å². The average Bonchev–Trinajstić information content (AvgIpc) is 2.59. The minimum Gasteiger partial charge on any atom is -0.383 e. The molecule has 0 saturated carbocycles. The van der Waals surface area contributed by atoms with E-state index in [1.165, 1.54) is 17.9 Å². The van der Waals surface area contributed by atoms with Crippen LogP contribution in [0.25, 0.3) is 11.1 Å². The van der Waals surface area contributed by atoms with Gasteiger partial charge in [-0.1, -0.05) is 0 Å². The molecule has 0 aliphatic heterocycles. The SMILES string of the molecule is Cn1ncc(-c2cc(C(F)(F)F)ccc2F)c1N. The van der Waals surface area contributed by atoms with E-state index in [1.54, 1.807) is 0 Å². The molecule has 0 radical (unpaired) electrons. The summed E-state index contributed by atoms with van der Waals surface area (Å²) in [6.07, 6.45) is -3.30. The van der Waals surface area contributed by atoms with Crippen LogP contribution in [-0.4, -0.2) is 9.78 Å². The largest absolute Gasteiger partial charge is 0.416 e. The van der Waals surface area contributed by atoms with Crippen LogP contribution in [0.15, 0.2) is 24.4 Å². The normalized spacial score (nSPS) is 11.8. The third-order valence-electron chi connectivity index (χ3n) is 2.57. The van der Waals surface area contributed by atoms with Crippen molar-refractivity contribution in [1.29, 1.82) is 0 Å². The van der Waals surface area contributed by atoms with Crippen molar-refractivity contribution in [3.63, 3.8) is 0 Å². The van der Waals surface area contributed by atoms with Crippen molar-refractivity contribution in [2.75, 3.05) is 5.73 Å². The molecule has 0 atom stereocenters. The first-order valence-corrected chi connectivity index (χ1v) is 4.95. The summed E-state index contributed by atoms with van der Waals surface area (Å²) in [7, 11) is 1.52. The van der Waals surface area contributed by atoms with Crippen LogP contribution in [0.1, 0.15) is 5.56 Å². The Morgan fingerprint density at radius 1 is 1.22 bits per heavy atom. The van der Waals surface area contributed by atoms with Gasteiger partial charge in [0, 0.05) is 18.2 Å². The number of alkyl halides is 3. The molecule has 0 unspecified atom stereocenters. The second-order valence-electron chi connectivity index (χ2n) is 3.76. The molecule has 0 amide bonds. The van der Waals surface area contributed by atoms with Crippen molar-refractivity contribution >= 4 is 5.82 Å². The Balaban J connectivity index is 2.61. The summed E-state index contributed by atoms with van der Waals surface area (Å²) in [5.41, 5.74) is 4.61. The average molecular weight is 259 g/mol. The molecule has 18 heavy (non-hydrogen) atoms. The molecule has 2 rings (SSSR count). The predicted molar refractivity (Wildman–Crippen MR) is 58.0 cm³/mol. The Kier molecular flexibility index (Phi) is 2.76. The number of hydrogen-bond acceptors (Lipinski definition) is 2. The molecule has 0 spiro atoms. The Hall–Kier alpha value is -2.05. The van der Waals surface area contributed by atoms with Crippen LogP contribution in [0, 0.1) is 5.82 Å². The molecule has 3 nitrogen and oxygen atoms in total. The lowest BCUT2D eigenvalue weighted by Gasteiger charge is -2.09. The molecule has 96 valence electrons. The molecule has 0 aliphatic carbocycles. The van der Waals surface area contributed by atoms with Crippen molar-refractivity contribution in [3.8, 4) is 11.1 Å². The molecule has 0 aliphatic rings. The lowest BCUT2D eigenvalue weighted by molar-refractivity contribution is -0.137. The first-order chi connectivity index (χ1) is 8.30. The van der Waals surface area contributed by atoms with E-state index in [-0.39, 0.29) is 16.9 Å². The Morgan fingerprint density at radius 2 is 1.89 bits per heavy atom. The number of nitrogens with zero attached hydrogens (tertiary/aromatic N) is 2. The maximum absolute atomic E-state index is 13.6. The third-order valence-corrected chi connectivity index (χ3v) is 2.57. The van der Waals surface area contributed by atoms with Gasteiger partial charge in [-0.05, 0) is 18.2 Å². The van der Waals surface area contributed by atoms with Crippen LogP contribution in [0.2, 0.25) is 0 Å². The van der Waals surface area contributed by atoms with Crippen molar-refractivity contribution in [2.45, 2.75) is 6.18 Å². The Bertz CT molecular complexity index is 586. The molecule has 7 heteroatoms. The second-order valence-corrected chi connectivity index (χ2v) is 3.76. The topological polar surface area (TPSA) is 43.8 Å². The van der Waals surface area contributed by atoms with Gasteiger partial charge in [0.25, 0.3) is 0 Å². The highest BCUT2D eigenvalue weighted by Gasteiger charge is 2.31. The summed E-state index contributed by atoms with van der Waals surface area (Å²) in [6, 6.07) is 2.18. The summed E-state index contributed by atoms with van der Waals surface area (Å²) in [4.78, 5) is 0. The molecule has 1 heterocycles. The fourth-order valence-electron chi connectivity index (χ4n) is 1.56. The van der Waals surface area contributed by atoms with Crippen LogP contribution >= 0.6 is 0 Å². The fraction of sp³-hybridized carbons (Fsp3) is 0.182. The monoisotopic (exact) mass is 259 g/mol. The van der Waals surface area contributed by atoms with E-state index in [0.717, 1.165) is 12.1 Å². The summed E-state index contributed by atoms with van der Waals surface area (Å²) in [5, 5.41) is 3.77. The minimum atomic E-state index is -4.53. The van der Waals surface area contributed by atoms with Crippen LogP contribution in [0.4, 0.5) is 23.4 Å². The summed E-state index contributed by atoms with van der Waals surface area (Å²) < 4.78 is 52.5. The zero-order valence-corrected chi connectivity index (χ0v) is 9.29. The highest BCUT2D eigenvalue weighted by Crippen LogP contribution is 2.35. The van der Waals surface area contributed by atoms with Crippen molar-refractivity contribution < 1.29 is 17.6 Å². The van der Waals surface area contributed by atoms with Gasteiger partial charge in [0.2, 0.25) is 0 Å². The zero-order valence-electron chi connectivity index (χ0n) is 9.29. The predicted octanol–water partition coefficient (Wildman–Crippen LogP) is 2.83. The second kappa shape index (κ2) is 4.01. The molecule has 0 saturated heterocycles. The number of aromatic nitrogens is 2. The molecule has 1 aromatic carbocycles. The van der Waals surface area contributed by atoms with Crippen LogP contribution in [0.3, 0.4) is 0 Å². The zero-order chi connectivity index (χ0) is 13.5. The van der Waals surface area contributed by atoms with Gasteiger partial charge in [-0.3, -0.25) is 4.68 Å². The number of halogens is 4. The Morgan fingerprint density at radius 3 is 2.39 bits per heavy atom. The van der Waals surface area contributed by atoms with Crippen molar-refractivity contribution in [1.82, 2.24) is 9.78 Å². The van der Waals surface area contributed by atoms with Gasteiger partial charge < -0.3 is 5.73 Å². The van der Waals surface area contributed by atoms with E-state index in [4.69, 9.17) is 5.73 Å². The summed E-state index contributed by atoms with van der Waals surface area (Å²) >= 11 is 0. The standard InChI is InChI=1S/C11H9F4N3/c1-18-10(16)8(5-17-18)7-4-6(11(13,14)15)2-3-9(7)12/h2-5H,16H2,1H3. The van der Waals surface area contributed by atoms with E-state index < -0.39 is 17.6 Å². The third kappa shape index (κ3) is 2.03. The van der Waals surface area contributed by atoms with Crippen LogP contribution in [-0.2, 0) is 13.2 Å². The number of nitrogen functional groups attached to an aromatic ring is 1. The lowest BCUT2D eigenvalue weighted by atomic mass is 10.0. The van der Waals surface area contributed by atoms with Gasteiger partial charge >= 0.3 is 6.18 Å². The first kappa shape index (κ1) is 12.4. The number of hydrogen-bond donors (Lipinski definition) is 1. The highest BCUT2D eigenvalue weighted by atomic mass is 19.4. The Labute approximate surface area is 99.8 Å². The molecule has 1 aromatic heterocycles. The van der Waals surface area contributed by atoms with Gasteiger partial charge in [0.05, 0.1) is 11.8 Å². The van der Waals surface area contributed by atoms with Crippen LogP contribution in [0.5, 0.6) is 0 Å². The van der Waals surface area contributed by atoms with Gasteiger partial charge in [-0.25, -0.2) is 4.39 Å². The van der Waals surface area contributed by atoms with E-state index >= 15 is 0 Å². The lowest BCUT2D eigenvalue weighted by Crippen LogP contribution is -2.05. The molecular weight excluding hydrogens is 250 g/mol. The van der Waals surface area contributed by atoms with E-state index in [0.29, 0.717) is 6.07 Å². The number of anilines is 1. The maximum Gasteiger partial charge on any atom is 0.416 e. The van der Waals surface area contributed by atoms with E-state index in [9.17, 15) is 17.6 Å². The van der Waals surface area contributed by atoms with Gasteiger partial charge in [0.15, 0.2) is 0 Å². The fourth-order valence-corrected chi connectivity index (χ4v) is 1.56. The quantitative estimate of drug-likeness (QED) is 0.800. The van der Waals surface area contributed by atoms with Crippen LogP contribution < -0.4 is 5.73 Å². The van der Waals surface area contributed by atoms with Crippen molar-refractivity contribution in [2.24, 2.45) is 7.05 Å². The van der Waals surface area contributed by atoms with E-state index in [2.05, 4.69) is 5.10 Å². The molecule has 2 aromatic rings. The summed E-state index contributed by atoms with van der Waals surface area (Å²) in [6.45, 7) is 0. The maximum atomic E-state index is 13.6. The molecule has 2 N–H and O–H groups in total. The molecular formula is C11H9F4N3. The molecule has 0 fully saturated rings. The minimum absolute atomic E-state index is 0.105. The number of nitrogens with two attached hydrogens (primary N) is 1. The number of rotatable bonds is 1. The number of benzene rings is 1.